The molecule has 0 spiro atoms. The fourth-order valence-electron chi connectivity index (χ4n) is 8.10. The van der Waals surface area contributed by atoms with Crippen LogP contribution in [0.3, 0.4) is 0 Å². The molecule has 1 atom stereocenters. The average Bonchev–Trinajstić information content (AvgIpc) is 3.58. The molecule has 1 aliphatic rings. The summed E-state index contributed by atoms with van der Waals surface area (Å²) in [5.41, 5.74) is 14.1. The number of rotatable bonds is 7. The summed E-state index contributed by atoms with van der Waals surface area (Å²) >= 11 is 0. The molecule has 0 radical (unpaired) electrons. The zero-order chi connectivity index (χ0) is 35.7. The van der Waals surface area contributed by atoms with Crippen molar-refractivity contribution >= 4 is 61.0 Å². The summed E-state index contributed by atoms with van der Waals surface area (Å²) in [6.45, 7) is 6.94. The van der Waals surface area contributed by atoms with Crippen LogP contribution in [0, 0.1) is 6.92 Å². The van der Waals surface area contributed by atoms with Gasteiger partial charge in [0.25, 0.3) is 0 Å². The van der Waals surface area contributed by atoms with E-state index in [1.165, 1.54) is 56.6 Å². The molecule has 0 bridgehead atoms. The Morgan fingerprint density at radius 3 is 2.04 bits per heavy atom. The van der Waals surface area contributed by atoms with Gasteiger partial charge in [-0.05, 0) is 107 Å². The van der Waals surface area contributed by atoms with E-state index < -0.39 is 5.66 Å². The monoisotopic (exact) mass is 677 g/mol. The van der Waals surface area contributed by atoms with Crippen LogP contribution >= 0.6 is 0 Å². The molecule has 4 nitrogen and oxygen atoms in total. The van der Waals surface area contributed by atoms with E-state index in [4.69, 9.17) is 15.1 Å². The van der Waals surface area contributed by atoms with Crippen molar-refractivity contribution in [2.45, 2.75) is 38.4 Å². The summed E-state index contributed by atoms with van der Waals surface area (Å²) in [7, 11) is 1.96. The van der Waals surface area contributed by atoms with Gasteiger partial charge in [-0.15, -0.1) is 0 Å². The molecule has 0 aliphatic heterocycles. The Balaban J connectivity index is 0.000000203. The Labute approximate surface area is 305 Å². The van der Waals surface area contributed by atoms with Gasteiger partial charge in [-0.2, -0.15) is 0 Å². The first-order chi connectivity index (χ1) is 25.6. The van der Waals surface area contributed by atoms with E-state index in [9.17, 15) is 0 Å². The van der Waals surface area contributed by atoms with Gasteiger partial charge in [0.1, 0.15) is 11.2 Å². The molecule has 0 saturated heterocycles. The first-order valence-electron chi connectivity index (χ1n) is 18.1. The number of allylic oxidation sites excluding steroid dienone is 4. The minimum Gasteiger partial charge on any atom is -0.456 e. The van der Waals surface area contributed by atoms with Crippen LogP contribution in [-0.2, 0) is 18.6 Å². The van der Waals surface area contributed by atoms with Crippen LogP contribution in [0.1, 0.15) is 40.7 Å². The molecule has 1 heterocycles. The predicted molar refractivity (Wildman–Crippen MR) is 221 cm³/mol. The average molecular weight is 678 g/mol. The summed E-state index contributed by atoms with van der Waals surface area (Å²) < 4.78 is 6.49. The number of nitrogens with two attached hydrogens (primary N) is 1. The first-order valence-corrected chi connectivity index (χ1v) is 18.1. The summed E-state index contributed by atoms with van der Waals surface area (Å²) in [5.74, 6) is 0. The molecule has 9 rings (SSSR count). The lowest BCUT2D eigenvalue weighted by molar-refractivity contribution is 0.472. The lowest BCUT2D eigenvalue weighted by atomic mass is 9.81. The van der Waals surface area contributed by atoms with E-state index in [1.54, 1.807) is 0 Å². The SMILES string of the molecule is C=NC(NC)(c1ccccc1)c1c2c(cc3c4ccccc4c4ccccc4c13)oc1ccccc12.Cc1cc(CN)ccc1CC1=CC=CCC1. The molecule has 7 aromatic carbocycles. The Morgan fingerprint density at radius 1 is 0.731 bits per heavy atom. The van der Waals surface area contributed by atoms with E-state index in [0.717, 1.165) is 50.3 Å². The van der Waals surface area contributed by atoms with Crippen LogP contribution in [0.2, 0.25) is 0 Å². The zero-order valence-corrected chi connectivity index (χ0v) is 29.8. The molecule has 3 N–H and O–H groups in total. The van der Waals surface area contributed by atoms with Gasteiger partial charge >= 0.3 is 0 Å². The Kier molecular flexibility index (Phi) is 9.02. The number of nitrogens with one attached hydrogen (secondary N) is 1. The molecule has 0 saturated carbocycles. The molecule has 0 fully saturated rings. The summed E-state index contributed by atoms with van der Waals surface area (Å²) in [5, 5.41) is 12.8. The minimum atomic E-state index is -0.892. The second kappa shape index (κ2) is 14.1. The van der Waals surface area contributed by atoms with E-state index >= 15 is 0 Å². The van der Waals surface area contributed by atoms with Crippen molar-refractivity contribution in [1.82, 2.24) is 5.32 Å². The standard InChI is InChI=1S/C33H24N2O.C15H19N/c1-34-33(35-2,21-12-4-3-5-13-21)32-30-25-17-9-8-15-23(25)22-14-6-7-16-24(22)27(30)20-29-31(32)26-18-10-11-19-28(26)36-29;1-12-9-14(11-16)7-8-15(12)10-13-5-3-2-4-6-13/h3-20,35H,1H2,2H3;2-3,5,7-9H,4,6,10-11,16H2,1H3. The van der Waals surface area contributed by atoms with Crippen molar-refractivity contribution in [3.63, 3.8) is 0 Å². The quantitative estimate of drug-likeness (QED) is 0.130. The zero-order valence-electron chi connectivity index (χ0n) is 29.8. The lowest BCUT2D eigenvalue weighted by Crippen LogP contribution is -2.39. The van der Waals surface area contributed by atoms with Gasteiger partial charge in [0.15, 0.2) is 5.66 Å². The largest absolute Gasteiger partial charge is 0.456 e. The number of furan rings is 1. The first kappa shape index (κ1) is 33.3. The lowest BCUT2D eigenvalue weighted by Gasteiger charge is -2.33. The second-order valence-electron chi connectivity index (χ2n) is 13.7. The molecule has 52 heavy (non-hydrogen) atoms. The third-order valence-electron chi connectivity index (χ3n) is 10.7. The smallest absolute Gasteiger partial charge is 0.162 e. The van der Waals surface area contributed by atoms with Gasteiger partial charge < -0.3 is 10.2 Å². The van der Waals surface area contributed by atoms with Crippen molar-refractivity contribution in [3.8, 4) is 0 Å². The third kappa shape index (κ3) is 5.71. The highest BCUT2D eigenvalue weighted by Gasteiger charge is 2.37. The molecule has 8 aromatic rings. The maximum Gasteiger partial charge on any atom is 0.162 e. The number of fused-ring (bicyclic) bond motifs is 9. The van der Waals surface area contributed by atoms with Crippen LogP contribution in [0.4, 0.5) is 0 Å². The van der Waals surface area contributed by atoms with Crippen molar-refractivity contribution in [3.05, 3.63) is 179 Å². The molecule has 1 aromatic heterocycles. The van der Waals surface area contributed by atoms with E-state index in [0.29, 0.717) is 6.54 Å². The van der Waals surface area contributed by atoms with E-state index in [2.05, 4.69) is 146 Å². The molecule has 4 heteroatoms. The second-order valence-corrected chi connectivity index (χ2v) is 13.7. The Hall–Kier alpha value is -5.81. The number of para-hydroxylation sites is 1. The maximum atomic E-state index is 6.49. The number of aliphatic imine (C=N–C) groups is 1. The number of hydrogen-bond acceptors (Lipinski definition) is 4. The van der Waals surface area contributed by atoms with Crippen molar-refractivity contribution in [2.75, 3.05) is 7.05 Å². The molecule has 256 valence electrons. The highest BCUT2D eigenvalue weighted by atomic mass is 16.3. The number of benzene rings is 7. The fourth-order valence-corrected chi connectivity index (χ4v) is 8.10. The van der Waals surface area contributed by atoms with Crippen LogP contribution in [-0.4, -0.2) is 13.8 Å². The highest BCUT2D eigenvalue weighted by Crippen LogP contribution is 2.48. The summed E-state index contributed by atoms with van der Waals surface area (Å²) in [6.07, 6.45) is 10.1. The van der Waals surface area contributed by atoms with Gasteiger partial charge in [-0.25, -0.2) is 0 Å². The van der Waals surface area contributed by atoms with Gasteiger partial charge in [0, 0.05) is 22.9 Å². The van der Waals surface area contributed by atoms with Crippen LogP contribution < -0.4 is 11.1 Å². The van der Waals surface area contributed by atoms with Gasteiger partial charge in [0.2, 0.25) is 0 Å². The Bertz CT molecular complexity index is 2670. The predicted octanol–water partition coefficient (Wildman–Crippen LogP) is 11.4. The summed E-state index contributed by atoms with van der Waals surface area (Å²) in [6, 6.07) is 44.6. The molecule has 0 amide bonds. The fraction of sp³-hybridized carbons (Fsp3) is 0.146. The maximum absolute atomic E-state index is 6.49. The van der Waals surface area contributed by atoms with Gasteiger partial charge in [-0.1, -0.05) is 139 Å². The van der Waals surface area contributed by atoms with Crippen LogP contribution in [0.15, 0.2) is 161 Å². The number of nitrogens with zero attached hydrogens (tertiary/aromatic N) is 1. The number of aryl methyl sites for hydroxylation is 1. The van der Waals surface area contributed by atoms with Gasteiger partial charge in [-0.3, -0.25) is 10.3 Å². The van der Waals surface area contributed by atoms with E-state index in [-0.39, 0.29) is 0 Å². The molecular weight excluding hydrogens is 635 g/mol. The minimum absolute atomic E-state index is 0.632. The van der Waals surface area contributed by atoms with Crippen LogP contribution in [0.25, 0.3) is 54.3 Å². The van der Waals surface area contributed by atoms with Gasteiger partial charge in [0.05, 0.1) is 0 Å². The van der Waals surface area contributed by atoms with E-state index in [1.807, 2.05) is 25.2 Å². The van der Waals surface area contributed by atoms with Crippen molar-refractivity contribution < 1.29 is 4.42 Å². The topological polar surface area (TPSA) is 63.5 Å². The number of hydrogen-bond donors (Lipinski definition) is 2. The third-order valence-corrected chi connectivity index (χ3v) is 10.7. The van der Waals surface area contributed by atoms with Crippen molar-refractivity contribution in [1.29, 1.82) is 0 Å². The Morgan fingerprint density at radius 2 is 1.38 bits per heavy atom. The highest BCUT2D eigenvalue weighted by molar-refractivity contribution is 6.30. The van der Waals surface area contributed by atoms with Crippen LogP contribution in [0.5, 0.6) is 0 Å². The molecule has 1 aliphatic carbocycles. The molecular formula is C48H43N3O. The van der Waals surface area contributed by atoms with Crippen molar-refractivity contribution in [2.24, 2.45) is 10.7 Å². The normalized spacial score (nSPS) is 14.0. The molecule has 1 unspecified atom stereocenters. The summed E-state index contributed by atoms with van der Waals surface area (Å²) in [4.78, 5) is 4.85.